The minimum atomic E-state index is 0.265. The molecule has 94 valence electrons. The summed E-state index contributed by atoms with van der Waals surface area (Å²) in [5.41, 5.74) is 2.30. The van der Waals surface area contributed by atoms with Crippen LogP contribution in [0.2, 0.25) is 0 Å². The van der Waals surface area contributed by atoms with Gasteiger partial charge in [0.2, 0.25) is 0 Å². The maximum Gasteiger partial charge on any atom is 0.0723 e. The largest absolute Gasteiger partial charge is 0.375 e. The van der Waals surface area contributed by atoms with E-state index >= 15 is 0 Å². The lowest BCUT2D eigenvalue weighted by molar-refractivity contribution is 0.0299. The normalized spacial score (nSPS) is 25.0. The fourth-order valence-electron chi connectivity index (χ4n) is 2.26. The summed E-state index contributed by atoms with van der Waals surface area (Å²) in [5, 5.41) is 0. The molecule has 1 saturated heterocycles. The number of morpholine rings is 1. The Kier molecular flexibility index (Phi) is 4.24. The van der Waals surface area contributed by atoms with Gasteiger partial charge in [-0.25, -0.2) is 0 Å². The molecule has 0 N–H and O–H groups in total. The summed E-state index contributed by atoms with van der Waals surface area (Å²) in [4.78, 5) is 6.61. The van der Waals surface area contributed by atoms with E-state index in [-0.39, 0.29) is 6.10 Å². The van der Waals surface area contributed by atoms with Crippen LogP contribution in [0.5, 0.6) is 0 Å². The first-order valence-electron chi connectivity index (χ1n) is 6.13. The van der Waals surface area contributed by atoms with E-state index in [0.717, 1.165) is 30.8 Å². The highest BCUT2D eigenvalue weighted by Crippen LogP contribution is 2.27. The number of pyridine rings is 1. The van der Waals surface area contributed by atoms with E-state index < -0.39 is 0 Å². The van der Waals surface area contributed by atoms with Crippen LogP contribution in [0.3, 0.4) is 0 Å². The number of ether oxygens (including phenoxy) is 1. The molecule has 1 aliphatic rings. The Morgan fingerprint density at radius 3 is 3.12 bits per heavy atom. The standard InChI is InChI=1S/C13H19ClN2O/c1-3-12-9-17-10(2)8-16(12)13-7-15-5-4-11(13)6-14/h4-5,7,10,12H,3,6,8-9H2,1-2H3. The minimum Gasteiger partial charge on any atom is -0.375 e. The first-order chi connectivity index (χ1) is 8.26. The molecule has 17 heavy (non-hydrogen) atoms. The fraction of sp³-hybridized carbons (Fsp3) is 0.615. The predicted molar refractivity (Wildman–Crippen MR) is 70.6 cm³/mol. The van der Waals surface area contributed by atoms with Gasteiger partial charge in [0.15, 0.2) is 0 Å². The maximum atomic E-state index is 5.99. The number of aromatic nitrogens is 1. The van der Waals surface area contributed by atoms with Gasteiger partial charge in [-0.1, -0.05) is 6.92 Å². The highest BCUT2D eigenvalue weighted by molar-refractivity contribution is 6.17. The second-order valence-corrected chi connectivity index (χ2v) is 4.76. The Bertz CT molecular complexity index is 372. The first-order valence-corrected chi connectivity index (χ1v) is 6.66. The molecule has 0 radical (unpaired) electrons. The quantitative estimate of drug-likeness (QED) is 0.776. The van der Waals surface area contributed by atoms with Crippen LogP contribution in [0.4, 0.5) is 5.69 Å². The lowest BCUT2D eigenvalue weighted by Gasteiger charge is -2.40. The van der Waals surface area contributed by atoms with Crippen molar-refractivity contribution in [1.29, 1.82) is 0 Å². The molecule has 3 nitrogen and oxygen atoms in total. The molecular formula is C13H19ClN2O. The highest BCUT2D eigenvalue weighted by Gasteiger charge is 2.27. The molecule has 1 aromatic heterocycles. The Hall–Kier alpha value is -0.800. The third-order valence-corrected chi connectivity index (χ3v) is 3.57. The van der Waals surface area contributed by atoms with Crippen molar-refractivity contribution >= 4 is 17.3 Å². The van der Waals surface area contributed by atoms with Crippen molar-refractivity contribution in [2.75, 3.05) is 18.1 Å². The van der Waals surface area contributed by atoms with Crippen molar-refractivity contribution in [2.45, 2.75) is 38.3 Å². The molecule has 0 bridgehead atoms. The molecule has 2 heterocycles. The summed E-state index contributed by atoms with van der Waals surface area (Å²) in [7, 11) is 0. The van der Waals surface area contributed by atoms with Gasteiger partial charge >= 0.3 is 0 Å². The summed E-state index contributed by atoms with van der Waals surface area (Å²) < 4.78 is 5.71. The van der Waals surface area contributed by atoms with Gasteiger partial charge in [-0.3, -0.25) is 4.98 Å². The van der Waals surface area contributed by atoms with E-state index in [4.69, 9.17) is 16.3 Å². The van der Waals surface area contributed by atoms with E-state index in [9.17, 15) is 0 Å². The monoisotopic (exact) mass is 254 g/mol. The van der Waals surface area contributed by atoms with Crippen LogP contribution in [0.1, 0.15) is 25.8 Å². The van der Waals surface area contributed by atoms with Crippen molar-refractivity contribution in [2.24, 2.45) is 0 Å². The highest BCUT2D eigenvalue weighted by atomic mass is 35.5. The molecule has 4 heteroatoms. The summed E-state index contributed by atoms with van der Waals surface area (Å²) in [6.45, 7) is 5.99. The molecule has 0 saturated carbocycles. The lowest BCUT2D eigenvalue weighted by atomic mass is 10.1. The summed E-state index contributed by atoms with van der Waals surface area (Å²) in [5.74, 6) is 0.528. The summed E-state index contributed by atoms with van der Waals surface area (Å²) in [6, 6.07) is 2.42. The Morgan fingerprint density at radius 2 is 2.41 bits per heavy atom. The van der Waals surface area contributed by atoms with Crippen LogP contribution >= 0.6 is 11.6 Å². The van der Waals surface area contributed by atoms with Crippen LogP contribution in [0.15, 0.2) is 18.5 Å². The summed E-state index contributed by atoms with van der Waals surface area (Å²) in [6.07, 6.45) is 5.05. The zero-order valence-electron chi connectivity index (χ0n) is 10.4. The van der Waals surface area contributed by atoms with Crippen LogP contribution in [-0.2, 0) is 10.6 Å². The van der Waals surface area contributed by atoms with Gasteiger partial charge in [-0.15, -0.1) is 11.6 Å². The molecule has 2 unspecified atom stereocenters. The molecule has 1 fully saturated rings. The number of alkyl halides is 1. The minimum absolute atomic E-state index is 0.265. The number of halogens is 1. The van der Waals surface area contributed by atoms with Crippen LogP contribution < -0.4 is 4.90 Å². The second kappa shape index (κ2) is 5.69. The number of rotatable bonds is 3. The van der Waals surface area contributed by atoms with Crippen molar-refractivity contribution in [3.05, 3.63) is 24.0 Å². The third kappa shape index (κ3) is 2.72. The second-order valence-electron chi connectivity index (χ2n) is 4.50. The molecular weight excluding hydrogens is 236 g/mol. The van der Waals surface area contributed by atoms with E-state index in [1.165, 1.54) is 0 Å². The Labute approximate surface area is 108 Å². The van der Waals surface area contributed by atoms with Gasteiger partial charge in [0.05, 0.1) is 30.6 Å². The van der Waals surface area contributed by atoms with Crippen LogP contribution in [0.25, 0.3) is 0 Å². The van der Waals surface area contributed by atoms with Gasteiger partial charge in [0.1, 0.15) is 0 Å². The predicted octanol–water partition coefficient (Wildman–Crippen LogP) is 2.82. The van der Waals surface area contributed by atoms with Crippen LogP contribution in [-0.4, -0.2) is 30.3 Å². The number of hydrogen-bond acceptors (Lipinski definition) is 3. The summed E-state index contributed by atoms with van der Waals surface area (Å²) >= 11 is 5.99. The van der Waals surface area contributed by atoms with E-state index in [2.05, 4.69) is 23.7 Å². The zero-order chi connectivity index (χ0) is 12.3. The van der Waals surface area contributed by atoms with Gasteiger partial charge in [0.25, 0.3) is 0 Å². The SMILES string of the molecule is CCC1COC(C)CN1c1cnccc1CCl. The topological polar surface area (TPSA) is 25.4 Å². The average Bonchev–Trinajstić information content (AvgIpc) is 2.38. The number of hydrogen-bond donors (Lipinski definition) is 0. The smallest absolute Gasteiger partial charge is 0.0723 e. The lowest BCUT2D eigenvalue weighted by Crippen LogP contribution is -2.49. The van der Waals surface area contributed by atoms with E-state index in [1.807, 2.05) is 12.3 Å². The van der Waals surface area contributed by atoms with E-state index in [0.29, 0.717) is 11.9 Å². The van der Waals surface area contributed by atoms with Crippen molar-refractivity contribution in [3.63, 3.8) is 0 Å². The zero-order valence-corrected chi connectivity index (χ0v) is 11.2. The number of nitrogens with zero attached hydrogens (tertiary/aromatic N) is 2. The van der Waals surface area contributed by atoms with Gasteiger partial charge in [-0.2, -0.15) is 0 Å². The van der Waals surface area contributed by atoms with Crippen molar-refractivity contribution in [3.8, 4) is 0 Å². The molecule has 2 atom stereocenters. The Morgan fingerprint density at radius 1 is 1.59 bits per heavy atom. The third-order valence-electron chi connectivity index (χ3n) is 3.28. The van der Waals surface area contributed by atoms with Crippen molar-refractivity contribution in [1.82, 2.24) is 4.98 Å². The maximum absolute atomic E-state index is 5.99. The van der Waals surface area contributed by atoms with E-state index in [1.54, 1.807) is 6.20 Å². The fourth-order valence-corrected chi connectivity index (χ4v) is 2.49. The molecule has 0 amide bonds. The van der Waals surface area contributed by atoms with Crippen molar-refractivity contribution < 1.29 is 4.74 Å². The van der Waals surface area contributed by atoms with Gasteiger partial charge < -0.3 is 9.64 Å². The molecule has 0 spiro atoms. The molecule has 0 aromatic carbocycles. The average molecular weight is 255 g/mol. The van der Waals surface area contributed by atoms with Gasteiger partial charge in [0, 0.05) is 18.6 Å². The Balaban J connectivity index is 2.28. The molecule has 1 aliphatic heterocycles. The van der Waals surface area contributed by atoms with Crippen LogP contribution in [0, 0.1) is 0 Å². The van der Waals surface area contributed by atoms with Gasteiger partial charge in [-0.05, 0) is 25.0 Å². The molecule has 1 aromatic rings. The number of anilines is 1. The molecule has 2 rings (SSSR count). The first kappa shape index (κ1) is 12.7. The molecule has 0 aliphatic carbocycles.